The first-order valence-electron chi connectivity index (χ1n) is 6.80. The van der Waals surface area contributed by atoms with Crippen LogP contribution in [0.3, 0.4) is 0 Å². The largest absolute Gasteiger partial charge is 0.456 e. The van der Waals surface area contributed by atoms with Crippen LogP contribution in [0.4, 0.5) is 0 Å². The Morgan fingerprint density at radius 3 is 2.33 bits per heavy atom. The van der Waals surface area contributed by atoms with E-state index in [1.807, 2.05) is 42.5 Å². The molecule has 0 heterocycles. The number of hydrogen-bond acceptors (Lipinski definition) is 2. The molecule has 0 fully saturated rings. The zero-order chi connectivity index (χ0) is 15.5. The molecule has 0 amide bonds. The van der Waals surface area contributed by atoms with Gasteiger partial charge in [-0.1, -0.05) is 33.6 Å². The molecule has 0 aromatic heterocycles. The first-order chi connectivity index (χ1) is 9.83. The number of nitrogens with one attached hydrogen (secondary N) is 1. The van der Waals surface area contributed by atoms with Gasteiger partial charge >= 0.3 is 0 Å². The Labute approximate surface area is 139 Å². The Hall–Kier alpha value is -1.03. The maximum absolute atomic E-state index is 6.30. The molecule has 4 heteroatoms. The van der Waals surface area contributed by atoms with Gasteiger partial charge in [-0.25, -0.2) is 0 Å². The molecular weight excluding hydrogens is 350 g/mol. The molecule has 112 valence electrons. The molecule has 0 spiro atoms. The molecule has 0 aliphatic heterocycles. The lowest BCUT2D eigenvalue weighted by molar-refractivity contribution is 0.424. The van der Waals surface area contributed by atoms with Crippen molar-refractivity contribution in [2.45, 2.75) is 32.9 Å². The SMILES string of the molecule is CC(C)(C)NCc1ccc(Oc2ccc(Br)cc2)c(Cl)c1. The van der Waals surface area contributed by atoms with Gasteiger partial charge in [-0.3, -0.25) is 0 Å². The molecule has 1 N–H and O–H groups in total. The standard InChI is InChI=1S/C17H19BrClNO/c1-17(2,3)20-11-12-4-9-16(15(19)10-12)21-14-7-5-13(18)6-8-14/h4-10,20H,11H2,1-3H3. The number of ether oxygens (including phenoxy) is 1. The lowest BCUT2D eigenvalue weighted by Crippen LogP contribution is -2.35. The summed E-state index contributed by atoms with van der Waals surface area (Å²) in [5.41, 5.74) is 1.22. The third-order valence-corrected chi connectivity index (χ3v) is 3.68. The quantitative estimate of drug-likeness (QED) is 0.738. The Kier molecular flexibility index (Phi) is 5.31. The van der Waals surface area contributed by atoms with Crippen molar-refractivity contribution in [2.24, 2.45) is 0 Å². The van der Waals surface area contributed by atoms with Crippen molar-refractivity contribution in [3.8, 4) is 11.5 Å². The van der Waals surface area contributed by atoms with Gasteiger partial charge in [0.25, 0.3) is 0 Å². The van der Waals surface area contributed by atoms with Crippen molar-refractivity contribution in [1.29, 1.82) is 0 Å². The maximum Gasteiger partial charge on any atom is 0.146 e. The van der Waals surface area contributed by atoms with E-state index in [0.717, 1.165) is 22.3 Å². The minimum absolute atomic E-state index is 0.0824. The van der Waals surface area contributed by atoms with Crippen LogP contribution >= 0.6 is 27.5 Å². The van der Waals surface area contributed by atoms with Crippen molar-refractivity contribution in [3.05, 3.63) is 57.5 Å². The maximum atomic E-state index is 6.30. The predicted molar refractivity (Wildman–Crippen MR) is 92.3 cm³/mol. The van der Waals surface area contributed by atoms with Gasteiger partial charge in [0.1, 0.15) is 11.5 Å². The molecular formula is C17H19BrClNO. The number of rotatable bonds is 4. The molecule has 0 saturated heterocycles. The normalized spacial score (nSPS) is 11.5. The van der Waals surface area contributed by atoms with Gasteiger partial charge in [0.2, 0.25) is 0 Å². The molecule has 2 aromatic carbocycles. The summed E-state index contributed by atoms with van der Waals surface area (Å²) in [6, 6.07) is 13.5. The minimum Gasteiger partial charge on any atom is -0.456 e. The van der Waals surface area contributed by atoms with Crippen LogP contribution in [0.1, 0.15) is 26.3 Å². The van der Waals surface area contributed by atoms with E-state index in [2.05, 4.69) is 42.0 Å². The minimum atomic E-state index is 0.0824. The van der Waals surface area contributed by atoms with E-state index >= 15 is 0 Å². The summed E-state index contributed by atoms with van der Waals surface area (Å²) in [4.78, 5) is 0. The third-order valence-electron chi connectivity index (χ3n) is 2.86. The first kappa shape index (κ1) is 16.3. The lowest BCUT2D eigenvalue weighted by Gasteiger charge is -2.20. The van der Waals surface area contributed by atoms with Gasteiger partial charge in [0, 0.05) is 16.6 Å². The first-order valence-corrected chi connectivity index (χ1v) is 7.97. The third kappa shape index (κ3) is 5.34. The molecule has 0 saturated carbocycles. The molecule has 21 heavy (non-hydrogen) atoms. The predicted octanol–water partition coefficient (Wildman–Crippen LogP) is 5.78. The van der Waals surface area contributed by atoms with Gasteiger partial charge in [-0.05, 0) is 62.7 Å². The van der Waals surface area contributed by atoms with Crippen LogP contribution < -0.4 is 10.1 Å². The Morgan fingerprint density at radius 1 is 1.10 bits per heavy atom. The van der Waals surface area contributed by atoms with Crippen LogP contribution in [0.2, 0.25) is 5.02 Å². The average molecular weight is 369 g/mol. The van der Waals surface area contributed by atoms with Gasteiger partial charge in [-0.15, -0.1) is 0 Å². The molecule has 2 nitrogen and oxygen atoms in total. The highest BCUT2D eigenvalue weighted by atomic mass is 79.9. The second-order valence-electron chi connectivity index (χ2n) is 5.92. The highest BCUT2D eigenvalue weighted by Gasteiger charge is 2.10. The van der Waals surface area contributed by atoms with Crippen LogP contribution in [-0.4, -0.2) is 5.54 Å². The molecule has 0 unspecified atom stereocenters. The van der Waals surface area contributed by atoms with Gasteiger partial charge in [0.05, 0.1) is 5.02 Å². The van der Waals surface area contributed by atoms with Gasteiger partial charge in [0.15, 0.2) is 0 Å². The molecule has 0 atom stereocenters. The van der Waals surface area contributed by atoms with Crippen LogP contribution in [-0.2, 0) is 6.54 Å². The van der Waals surface area contributed by atoms with Crippen LogP contribution in [0.5, 0.6) is 11.5 Å². The van der Waals surface area contributed by atoms with Crippen molar-refractivity contribution in [2.75, 3.05) is 0 Å². The summed E-state index contributed by atoms with van der Waals surface area (Å²) < 4.78 is 6.81. The van der Waals surface area contributed by atoms with Gasteiger partial charge < -0.3 is 10.1 Å². The Balaban J connectivity index is 2.07. The number of hydrogen-bond donors (Lipinski definition) is 1. The highest BCUT2D eigenvalue weighted by molar-refractivity contribution is 9.10. The van der Waals surface area contributed by atoms with E-state index in [9.17, 15) is 0 Å². The molecule has 0 aliphatic carbocycles. The van der Waals surface area contributed by atoms with E-state index < -0.39 is 0 Å². The second kappa shape index (κ2) is 6.82. The second-order valence-corrected chi connectivity index (χ2v) is 7.25. The van der Waals surface area contributed by atoms with E-state index in [4.69, 9.17) is 16.3 Å². The van der Waals surface area contributed by atoms with Crippen molar-refractivity contribution >= 4 is 27.5 Å². The summed E-state index contributed by atoms with van der Waals surface area (Å²) >= 11 is 9.70. The van der Waals surface area contributed by atoms with Crippen molar-refractivity contribution in [1.82, 2.24) is 5.32 Å². The van der Waals surface area contributed by atoms with Crippen LogP contribution in [0.15, 0.2) is 46.9 Å². The summed E-state index contributed by atoms with van der Waals surface area (Å²) in [6.07, 6.45) is 0. The zero-order valence-electron chi connectivity index (χ0n) is 12.4. The summed E-state index contributed by atoms with van der Waals surface area (Å²) in [7, 11) is 0. The molecule has 2 rings (SSSR count). The zero-order valence-corrected chi connectivity index (χ0v) is 14.8. The topological polar surface area (TPSA) is 21.3 Å². The smallest absolute Gasteiger partial charge is 0.146 e. The van der Waals surface area contributed by atoms with Crippen LogP contribution in [0, 0.1) is 0 Å². The summed E-state index contributed by atoms with van der Waals surface area (Å²) in [6.45, 7) is 7.20. The summed E-state index contributed by atoms with van der Waals surface area (Å²) in [5, 5.41) is 4.05. The number of halogens is 2. The summed E-state index contributed by atoms with van der Waals surface area (Å²) in [5.74, 6) is 1.43. The monoisotopic (exact) mass is 367 g/mol. The Morgan fingerprint density at radius 2 is 1.76 bits per heavy atom. The molecule has 0 radical (unpaired) electrons. The van der Waals surface area contributed by atoms with Crippen molar-refractivity contribution < 1.29 is 4.74 Å². The van der Waals surface area contributed by atoms with Crippen molar-refractivity contribution in [3.63, 3.8) is 0 Å². The lowest BCUT2D eigenvalue weighted by atomic mass is 10.1. The van der Waals surface area contributed by atoms with E-state index in [1.54, 1.807) is 0 Å². The number of benzene rings is 2. The Bertz CT molecular complexity index is 605. The average Bonchev–Trinajstić information content (AvgIpc) is 2.41. The fourth-order valence-electron chi connectivity index (χ4n) is 1.73. The fraction of sp³-hybridized carbons (Fsp3) is 0.294. The highest BCUT2D eigenvalue weighted by Crippen LogP contribution is 2.30. The molecule has 2 aromatic rings. The van der Waals surface area contributed by atoms with Crippen LogP contribution in [0.25, 0.3) is 0 Å². The van der Waals surface area contributed by atoms with Gasteiger partial charge in [-0.2, -0.15) is 0 Å². The molecule has 0 bridgehead atoms. The van der Waals surface area contributed by atoms with E-state index in [-0.39, 0.29) is 5.54 Å². The van der Waals surface area contributed by atoms with E-state index in [1.165, 1.54) is 0 Å². The van der Waals surface area contributed by atoms with E-state index in [0.29, 0.717) is 10.8 Å². The fourth-order valence-corrected chi connectivity index (χ4v) is 2.24. The molecule has 0 aliphatic rings.